The van der Waals surface area contributed by atoms with Crippen LogP contribution in [0, 0.1) is 0 Å². The number of amides is 1. The minimum atomic E-state index is -0.236. The summed E-state index contributed by atoms with van der Waals surface area (Å²) in [6.45, 7) is 0. The zero-order valence-electron chi connectivity index (χ0n) is 15.0. The van der Waals surface area contributed by atoms with Crippen molar-refractivity contribution in [2.45, 2.75) is 6.42 Å². The molecule has 0 saturated carbocycles. The molecule has 0 aliphatic rings. The standard InChI is InChI=1S/C21H14N4O3S/c26-20(17-11-27-18-4-2-1-3-16(17)18)24-21-22-10-15(29-21)9-13-5-7-14(8-6-13)19-23-12-28-25-19/h1-8,10-12H,9H2,(H,22,24,26). The van der Waals surface area contributed by atoms with Crippen LogP contribution in [0.15, 0.2) is 76.3 Å². The predicted molar refractivity (Wildman–Crippen MR) is 109 cm³/mol. The molecule has 8 heteroatoms. The quantitative estimate of drug-likeness (QED) is 0.455. The first-order chi connectivity index (χ1) is 14.3. The molecule has 0 spiro atoms. The Kier molecular flexibility index (Phi) is 4.38. The molecule has 0 atom stereocenters. The van der Waals surface area contributed by atoms with Crippen molar-refractivity contribution in [3.8, 4) is 11.4 Å². The van der Waals surface area contributed by atoms with Crippen molar-refractivity contribution in [3.63, 3.8) is 0 Å². The van der Waals surface area contributed by atoms with Crippen molar-refractivity contribution < 1.29 is 13.7 Å². The maximum Gasteiger partial charge on any atom is 0.261 e. The van der Waals surface area contributed by atoms with Gasteiger partial charge in [0.1, 0.15) is 11.8 Å². The first-order valence-electron chi connectivity index (χ1n) is 8.84. The van der Waals surface area contributed by atoms with Gasteiger partial charge in [-0.2, -0.15) is 4.98 Å². The second kappa shape index (κ2) is 7.33. The molecular weight excluding hydrogens is 388 g/mol. The fourth-order valence-corrected chi connectivity index (χ4v) is 3.88. The van der Waals surface area contributed by atoms with Crippen molar-refractivity contribution in [2.75, 3.05) is 5.32 Å². The second-order valence-electron chi connectivity index (χ2n) is 6.36. The lowest BCUT2D eigenvalue weighted by Gasteiger charge is -2.00. The summed E-state index contributed by atoms with van der Waals surface area (Å²) in [5.74, 6) is 0.325. The molecule has 0 unspecified atom stereocenters. The minimum Gasteiger partial charge on any atom is -0.463 e. The van der Waals surface area contributed by atoms with Crippen molar-refractivity contribution in [1.29, 1.82) is 0 Å². The van der Waals surface area contributed by atoms with Gasteiger partial charge >= 0.3 is 0 Å². The number of nitrogens with zero attached hydrogens (tertiary/aromatic N) is 3. The SMILES string of the molecule is O=C(Nc1ncc(Cc2ccc(-c3ncon3)cc2)s1)c1coc2ccccc12. The van der Waals surface area contributed by atoms with E-state index in [1.165, 1.54) is 24.0 Å². The highest BCUT2D eigenvalue weighted by molar-refractivity contribution is 7.15. The largest absolute Gasteiger partial charge is 0.463 e. The Morgan fingerprint density at radius 1 is 1.07 bits per heavy atom. The summed E-state index contributed by atoms with van der Waals surface area (Å²) >= 11 is 1.45. The van der Waals surface area contributed by atoms with Crippen LogP contribution in [0.1, 0.15) is 20.8 Å². The first kappa shape index (κ1) is 17.3. The van der Waals surface area contributed by atoms with E-state index in [0.717, 1.165) is 21.4 Å². The molecule has 1 N–H and O–H groups in total. The van der Waals surface area contributed by atoms with Crippen LogP contribution in [-0.2, 0) is 6.42 Å². The number of para-hydroxylation sites is 1. The third-order valence-corrected chi connectivity index (χ3v) is 5.36. The number of carbonyl (C=O) groups is 1. The topological polar surface area (TPSA) is 94.1 Å². The Balaban J connectivity index is 1.27. The van der Waals surface area contributed by atoms with Crippen LogP contribution in [-0.4, -0.2) is 21.0 Å². The van der Waals surface area contributed by atoms with Crippen molar-refractivity contribution in [1.82, 2.24) is 15.1 Å². The van der Waals surface area contributed by atoms with E-state index in [0.29, 0.717) is 28.5 Å². The third-order valence-electron chi connectivity index (χ3n) is 4.45. The number of carbonyl (C=O) groups excluding carboxylic acids is 1. The molecule has 0 bridgehead atoms. The van der Waals surface area contributed by atoms with Crippen molar-refractivity contribution >= 4 is 33.3 Å². The van der Waals surface area contributed by atoms with Crippen LogP contribution in [0.25, 0.3) is 22.4 Å². The fraction of sp³-hybridized carbons (Fsp3) is 0.0476. The molecule has 5 rings (SSSR count). The van der Waals surface area contributed by atoms with Crippen LogP contribution in [0.4, 0.5) is 5.13 Å². The molecule has 0 fully saturated rings. The van der Waals surface area contributed by atoms with E-state index < -0.39 is 0 Å². The Morgan fingerprint density at radius 2 is 1.93 bits per heavy atom. The highest BCUT2D eigenvalue weighted by atomic mass is 32.1. The molecule has 0 saturated heterocycles. The molecule has 142 valence electrons. The lowest BCUT2D eigenvalue weighted by molar-refractivity contribution is 0.102. The number of fused-ring (bicyclic) bond motifs is 1. The monoisotopic (exact) mass is 402 g/mol. The summed E-state index contributed by atoms with van der Waals surface area (Å²) in [5, 5.41) is 8.02. The van der Waals surface area contributed by atoms with Crippen LogP contribution >= 0.6 is 11.3 Å². The molecule has 0 aliphatic heterocycles. The molecule has 3 heterocycles. The van der Waals surface area contributed by atoms with Gasteiger partial charge in [0.2, 0.25) is 12.2 Å². The summed E-state index contributed by atoms with van der Waals surface area (Å²) in [6.07, 6.45) is 5.28. The number of thiazole rings is 1. The van der Waals surface area contributed by atoms with Crippen LogP contribution < -0.4 is 5.32 Å². The molecule has 0 radical (unpaired) electrons. The molecule has 5 aromatic rings. The van der Waals surface area contributed by atoms with Crippen LogP contribution in [0.2, 0.25) is 0 Å². The van der Waals surface area contributed by atoms with Crippen LogP contribution in [0.5, 0.6) is 0 Å². The fourth-order valence-electron chi connectivity index (χ4n) is 3.04. The van der Waals surface area contributed by atoms with Crippen LogP contribution in [0.3, 0.4) is 0 Å². The van der Waals surface area contributed by atoms with Crippen molar-refractivity contribution in [2.24, 2.45) is 0 Å². The average molecular weight is 402 g/mol. The molecule has 0 aliphatic carbocycles. The van der Waals surface area contributed by atoms with Gasteiger partial charge in [-0.3, -0.25) is 10.1 Å². The van der Waals surface area contributed by atoms with E-state index in [1.807, 2.05) is 48.5 Å². The normalized spacial score (nSPS) is 11.0. The number of hydrogen-bond donors (Lipinski definition) is 1. The second-order valence-corrected chi connectivity index (χ2v) is 7.48. The number of anilines is 1. The average Bonchev–Trinajstić information content (AvgIpc) is 3.50. The van der Waals surface area contributed by atoms with Crippen molar-refractivity contribution in [3.05, 3.63) is 83.4 Å². The zero-order valence-corrected chi connectivity index (χ0v) is 15.8. The number of furan rings is 1. The van der Waals surface area contributed by atoms with E-state index in [2.05, 4.69) is 20.4 Å². The summed E-state index contributed by atoms with van der Waals surface area (Å²) in [6, 6.07) is 15.4. The summed E-state index contributed by atoms with van der Waals surface area (Å²) in [4.78, 5) is 22.0. The number of rotatable bonds is 5. The summed E-state index contributed by atoms with van der Waals surface area (Å²) in [5.41, 5.74) is 3.20. The van der Waals surface area contributed by atoms with Gasteiger partial charge in [-0.25, -0.2) is 4.98 Å². The van der Waals surface area contributed by atoms with E-state index >= 15 is 0 Å². The van der Waals surface area contributed by atoms with Gasteiger partial charge in [0.15, 0.2) is 5.13 Å². The predicted octanol–water partition coefficient (Wildman–Crippen LogP) is 4.78. The number of nitrogens with one attached hydrogen (secondary N) is 1. The summed E-state index contributed by atoms with van der Waals surface area (Å²) < 4.78 is 10.2. The maximum absolute atomic E-state index is 12.6. The maximum atomic E-state index is 12.6. The first-order valence-corrected chi connectivity index (χ1v) is 9.66. The van der Waals surface area contributed by atoms with Gasteiger partial charge in [-0.1, -0.05) is 47.6 Å². The minimum absolute atomic E-state index is 0.236. The number of benzene rings is 2. The van der Waals surface area contributed by atoms with Gasteiger partial charge < -0.3 is 8.94 Å². The molecule has 7 nitrogen and oxygen atoms in total. The van der Waals surface area contributed by atoms with E-state index in [4.69, 9.17) is 8.94 Å². The molecule has 3 aromatic heterocycles. The lowest BCUT2D eigenvalue weighted by Crippen LogP contribution is -2.10. The zero-order chi connectivity index (χ0) is 19.6. The molecule has 1 amide bonds. The smallest absolute Gasteiger partial charge is 0.261 e. The third kappa shape index (κ3) is 3.53. The lowest BCUT2D eigenvalue weighted by atomic mass is 10.1. The van der Waals surface area contributed by atoms with E-state index in [-0.39, 0.29) is 5.91 Å². The Hall–Kier alpha value is -3.78. The molecule has 2 aromatic carbocycles. The molecule has 29 heavy (non-hydrogen) atoms. The highest BCUT2D eigenvalue weighted by Crippen LogP contribution is 2.25. The Labute approximate surface area is 169 Å². The van der Waals surface area contributed by atoms with E-state index in [9.17, 15) is 4.79 Å². The Morgan fingerprint density at radius 3 is 2.76 bits per heavy atom. The molecular formula is C21H14N4O3S. The van der Waals surface area contributed by atoms with Gasteiger partial charge in [-0.05, 0) is 11.6 Å². The Bertz CT molecular complexity index is 1270. The highest BCUT2D eigenvalue weighted by Gasteiger charge is 2.15. The van der Waals surface area contributed by atoms with E-state index in [1.54, 1.807) is 6.20 Å². The number of aromatic nitrogens is 3. The van der Waals surface area contributed by atoms with Gasteiger partial charge in [0.25, 0.3) is 5.91 Å². The van der Waals surface area contributed by atoms with Gasteiger partial charge in [0, 0.05) is 28.4 Å². The van der Waals surface area contributed by atoms with Gasteiger partial charge in [0.05, 0.1) is 5.56 Å². The summed E-state index contributed by atoms with van der Waals surface area (Å²) in [7, 11) is 0. The van der Waals surface area contributed by atoms with Gasteiger partial charge in [-0.15, -0.1) is 11.3 Å². The number of hydrogen-bond acceptors (Lipinski definition) is 7.